The topological polar surface area (TPSA) is 84.6 Å². The maximum absolute atomic E-state index is 11.9. The van der Waals surface area contributed by atoms with Crippen molar-refractivity contribution in [1.29, 1.82) is 0 Å². The molecule has 6 nitrogen and oxygen atoms in total. The van der Waals surface area contributed by atoms with Gasteiger partial charge in [0.05, 0.1) is 11.8 Å². The minimum absolute atomic E-state index is 0.202. The zero-order valence-electron chi connectivity index (χ0n) is 12.9. The Labute approximate surface area is 129 Å². The molecule has 0 saturated heterocycles. The van der Waals surface area contributed by atoms with Gasteiger partial charge < -0.3 is 19.6 Å². The molecule has 0 aliphatic rings. The van der Waals surface area contributed by atoms with Gasteiger partial charge >= 0.3 is 0 Å². The van der Waals surface area contributed by atoms with E-state index < -0.39 is 6.10 Å². The van der Waals surface area contributed by atoms with Gasteiger partial charge in [-0.05, 0) is 39.0 Å². The first-order valence-corrected chi connectivity index (χ1v) is 7.07. The summed E-state index contributed by atoms with van der Waals surface area (Å²) in [6.45, 7) is 5.74. The largest absolute Gasteiger partial charge is 0.484 e. The lowest BCUT2D eigenvalue weighted by atomic mass is 10.2. The first-order valence-electron chi connectivity index (χ1n) is 7.07. The van der Waals surface area contributed by atoms with Crippen LogP contribution in [0.2, 0.25) is 0 Å². The molecule has 0 radical (unpaired) electrons. The number of oxazole rings is 1. The van der Waals surface area contributed by atoms with Gasteiger partial charge in [-0.25, -0.2) is 4.98 Å². The van der Waals surface area contributed by atoms with Crippen LogP contribution in [0.25, 0.3) is 0 Å². The number of hydrogen-bond acceptors (Lipinski definition) is 5. The summed E-state index contributed by atoms with van der Waals surface area (Å²) in [5, 5.41) is 11.8. The quantitative estimate of drug-likeness (QED) is 0.852. The summed E-state index contributed by atoms with van der Waals surface area (Å²) >= 11 is 0. The van der Waals surface area contributed by atoms with Crippen LogP contribution in [0.15, 0.2) is 28.7 Å². The molecule has 1 unspecified atom stereocenters. The van der Waals surface area contributed by atoms with Crippen LogP contribution in [0.3, 0.4) is 0 Å². The van der Waals surface area contributed by atoms with Crippen molar-refractivity contribution in [1.82, 2.24) is 10.3 Å². The van der Waals surface area contributed by atoms with Crippen molar-refractivity contribution in [2.75, 3.05) is 6.54 Å². The fourth-order valence-electron chi connectivity index (χ4n) is 1.82. The smallest absolute Gasteiger partial charge is 0.251 e. The second kappa shape index (κ2) is 7.09. The summed E-state index contributed by atoms with van der Waals surface area (Å²) < 4.78 is 11.0. The van der Waals surface area contributed by atoms with Crippen LogP contribution >= 0.6 is 0 Å². The Bertz CT molecular complexity index is 630. The Kier molecular flexibility index (Phi) is 5.16. The predicted molar refractivity (Wildman–Crippen MR) is 80.8 cm³/mol. The standard InChI is InChI=1S/C16H20N2O4/c1-10(19)8-17-16(20)13-5-4-6-14(7-13)21-9-15-18-11(2)12(3)22-15/h4-7,10,19H,8-9H2,1-3H3,(H,17,20). The molecular formula is C16H20N2O4. The summed E-state index contributed by atoms with van der Waals surface area (Å²) in [6.07, 6.45) is -0.583. The zero-order chi connectivity index (χ0) is 16.1. The monoisotopic (exact) mass is 304 g/mol. The van der Waals surface area contributed by atoms with E-state index in [1.807, 2.05) is 13.8 Å². The number of aryl methyl sites for hydroxylation is 2. The van der Waals surface area contributed by atoms with Gasteiger partial charge in [0.2, 0.25) is 5.89 Å². The average Bonchev–Trinajstić information content (AvgIpc) is 2.81. The van der Waals surface area contributed by atoms with Crippen LogP contribution in [0.5, 0.6) is 5.75 Å². The lowest BCUT2D eigenvalue weighted by Crippen LogP contribution is -2.30. The Morgan fingerprint density at radius 2 is 2.23 bits per heavy atom. The molecule has 1 atom stereocenters. The van der Waals surface area contributed by atoms with E-state index in [-0.39, 0.29) is 19.1 Å². The number of aliphatic hydroxyl groups excluding tert-OH is 1. The Morgan fingerprint density at radius 3 is 2.86 bits per heavy atom. The molecule has 0 spiro atoms. The van der Waals surface area contributed by atoms with Crippen LogP contribution < -0.4 is 10.1 Å². The van der Waals surface area contributed by atoms with E-state index in [0.717, 1.165) is 11.5 Å². The third-order valence-corrected chi connectivity index (χ3v) is 3.09. The fourth-order valence-corrected chi connectivity index (χ4v) is 1.82. The number of rotatable bonds is 6. The SMILES string of the molecule is Cc1nc(COc2cccc(C(=O)NCC(C)O)c2)oc1C. The number of carbonyl (C=O) groups is 1. The van der Waals surface area contributed by atoms with Gasteiger partial charge in [-0.15, -0.1) is 0 Å². The molecular weight excluding hydrogens is 284 g/mol. The van der Waals surface area contributed by atoms with Crippen LogP contribution in [-0.2, 0) is 6.61 Å². The van der Waals surface area contributed by atoms with Crippen LogP contribution in [0.1, 0.15) is 34.6 Å². The molecule has 0 aliphatic carbocycles. The molecule has 0 saturated carbocycles. The molecule has 2 rings (SSSR count). The lowest BCUT2D eigenvalue weighted by Gasteiger charge is -2.09. The van der Waals surface area contributed by atoms with E-state index >= 15 is 0 Å². The van der Waals surface area contributed by atoms with Gasteiger partial charge in [-0.3, -0.25) is 4.79 Å². The van der Waals surface area contributed by atoms with E-state index in [4.69, 9.17) is 9.15 Å². The number of benzene rings is 1. The lowest BCUT2D eigenvalue weighted by molar-refractivity contribution is 0.0923. The second-order valence-electron chi connectivity index (χ2n) is 5.12. The average molecular weight is 304 g/mol. The maximum Gasteiger partial charge on any atom is 0.251 e. The summed E-state index contributed by atoms with van der Waals surface area (Å²) in [7, 11) is 0. The molecule has 22 heavy (non-hydrogen) atoms. The molecule has 1 aromatic heterocycles. The van der Waals surface area contributed by atoms with Gasteiger partial charge in [0, 0.05) is 12.1 Å². The third kappa shape index (κ3) is 4.33. The van der Waals surface area contributed by atoms with E-state index in [1.165, 1.54) is 0 Å². The normalized spacial score (nSPS) is 12.0. The summed E-state index contributed by atoms with van der Waals surface area (Å²) in [6, 6.07) is 6.82. The first-order chi connectivity index (χ1) is 10.5. The van der Waals surface area contributed by atoms with Crippen molar-refractivity contribution >= 4 is 5.91 Å². The van der Waals surface area contributed by atoms with E-state index in [2.05, 4.69) is 10.3 Å². The first kappa shape index (κ1) is 16.0. The van der Waals surface area contributed by atoms with Gasteiger partial charge in [0.25, 0.3) is 5.91 Å². The van der Waals surface area contributed by atoms with Crippen molar-refractivity contribution in [3.05, 3.63) is 47.2 Å². The maximum atomic E-state index is 11.9. The molecule has 0 bridgehead atoms. The Morgan fingerprint density at radius 1 is 1.45 bits per heavy atom. The van der Waals surface area contributed by atoms with Crippen LogP contribution in [0.4, 0.5) is 0 Å². The minimum atomic E-state index is -0.583. The molecule has 0 fully saturated rings. The van der Waals surface area contributed by atoms with Crippen LogP contribution in [-0.4, -0.2) is 28.6 Å². The molecule has 0 aliphatic heterocycles. The predicted octanol–water partition coefficient (Wildman–Crippen LogP) is 1.98. The molecule has 2 N–H and O–H groups in total. The number of nitrogens with zero attached hydrogens (tertiary/aromatic N) is 1. The molecule has 6 heteroatoms. The van der Waals surface area contributed by atoms with Gasteiger partial charge in [0.1, 0.15) is 11.5 Å². The minimum Gasteiger partial charge on any atom is -0.484 e. The van der Waals surface area contributed by atoms with Gasteiger partial charge in [-0.1, -0.05) is 6.07 Å². The van der Waals surface area contributed by atoms with Crippen molar-refractivity contribution < 1.29 is 19.1 Å². The number of aromatic nitrogens is 1. The highest BCUT2D eigenvalue weighted by Gasteiger charge is 2.09. The molecule has 2 aromatic rings. The second-order valence-corrected chi connectivity index (χ2v) is 5.12. The molecule has 1 heterocycles. The van der Waals surface area contributed by atoms with Crippen molar-refractivity contribution in [2.45, 2.75) is 33.5 Å². The molecule has 1 aromatic carbocycles. The number of hydrogen-bond donors (Lipinski definition) is 2. The summed E-state index contributed by atoms with van der Waals surface area (Å²) in [5.74, 6) is 1.57. The van der Waals surface area contributed by atoms with Crippen molar-refractivity contribution in [3.63, 3.8) is 0 Å². The van der Waals surface area contributed by atoms with E-state index in [9.17, 15) is 9.90 Å². The van der Waals surface area contributed by atoms with Crippen molar-refractivity contribution in [3.8, 4) is 5.75 Å². The molecule has 1 amide bonds. The summed E-state index contributed by atoms with van der Waals surface area (Å²) in [5.41, 5.74) is 1.31. The molecule has 118 valence electrons. The van der Waals surface area contributed by atoms with E-state index in [0.29, 0.717) is 17.2 Å². The zero-order valence-corrected chi connectivity index (χ0v) is 12.9. The number of amides is 1. The Hall–Kier alpha value is -2.34. The number of aliphatic hydroxyl groups is 1. The Balaban J connectivity index is 1.97. The highest BCUT2D eigenvalue weighted by Crippen LogP contribution is 2.16. The highest BCUT2D eigenvalue weighted by molar-refractivity contribution is 5.94. The summed E-state index contributed by atoms with van der Waals surface area (Å²) in [4.78, 5) is 16.1. The van der Waals surface area contributed by atoms with Gasteiger partial charge in [0.15, 0.2) is 6.61 Å². The number of carbonyl (C=O) groups excluding carboxylic acids is 1. The number of nitrogens with one attached hydrogen (secondary N) is 1. The third-order valence-electron chi connectivity index (χ3n) is 3.09. The fraction of sp³-hybridized carbons (Fsp3) is 0.375. The number of ether oxygens (including phenoxy) is 1. The highest BCUT2D eigenvalue weighted by atomic mass is 16.5. The van der Waals surface area contributed by atoms with Gasteiger partial charge in [-0.2, -0.15) is 0 Å². The van der Waals surface area contributed by atoms with Crippen molar-refractivity contribution in [2.24, 2.45) is 0 Å². The van der Waals surface area contributed by atoms with E-state index in [1.54, 1.807) is 31.2 Å². The van der Waals surface area contributed by atoms with Crippen LogP contribution in [0, 0.1) is 13.8 Å².